The van der Waals surface area contributed by atoms with Crippen LogP contribution in [0.5, 0.6) is 5.75 Å². The molecule has 0 bridgehead atoms. The molecule has 0 saturated carbocycles. The molecule has 2 N–H and O–H groups in total. The topological polar surface area (TPSA) is 84.5 Å². The number of ether oxygens (including phenoxy) is 1. The Balaban J connectivity index is 1.54. The fourth-order valence-electron chi connectivity index (χ4n) is 2.82. The summed E-state index contributed by atoms with van der Waals surface area (Å²) in [7, 11) is -3.71. The molecule has 3 aromatic rings. The van der Waals surface area contributed by atoms with Gasteiger partial charge in [0.1, 0.15) is 5.75 Å². The predicted octanol–water partition coefficient (Wildman–Crippen LogP) is 4.81. The Bertz CT molecular complexity index is 1130. The lowest BCUT2D eigenvalue weighted by molar-refractivity contribution is -0.123. The van der Waals surface area contributed by atoms with Crippen molar-refractivity contribution in [1.82, 2.24) is 5.32 Å². The molecule has 31 heavy (non-hydrogen) atoms. The summed E-state index contributed by atoms with van der Waals surface area (Å²) in [4.78, 5) is 12.3. The lowest BCUT2D eigenvalue weighted by Crippen LogP contribution is -2.31. The molecule has 3 rings (SSSR count). The van der Waals surface area contributed by atoms with Gasteiger partial charge in [-0.15, -0.1) is 0 Å². The zero-order valence-electron chi connectivity index (χ0n) is 17.1. The number of anilines is 1. The van der Waals surface area contributed by atoms with Gasteiger partial charge in [-0.25, -0.2) is 8.42 Å². The van der Waals surface area contributed by atoms with Crippen LogP contribution in [0, 0.1) is 6.92 Å². The first-order valence-electron chi connectivity index (χ1n) is 9.60. The van der Waals surface area contributed by atoms with Gasteiger partial charge in [-0.2, -0.15) is 0 Å². The summed E-state index contributed by atoms with van der Waals surface area (Å²) in [6.45, 7) is 3.65. The molecule has 162 valence electrons. The Morgan fingerprint density at radius 1 is 0.968 bits per heavy atom. The van der Waals surface area contributed by atoms with E-state index in [-0.39, 0.29) is 23.5 Å². The molecule has 0 aromatic heterocycles. The van der Waals surface area contributed by atoms with Crippen molar-refractivity contribution in [2.75, 3.05) is 11.3 Å². The van der Waals surface area contributed by atoms with Crippen molar-refractivity contribution in [2.45, 2.75) is 24.8 Å². The summed E-state index contributed by atoms with van der Waals surface area (Å²) in [5.74, 6) is 0.133. The number of nitrogens with one attached hydrogen (secondary N) is 2. The number of rotatable bonds is 8. The lowest BCUT2D eigenvalue weighted by atomic mass is 10.1. The molecular weight excluding hydrogens is 480 g/mol. The molecule has 0 aliphatic rings. The highest BCUT2D eigenvalue weighted by Gasteiger charge is 2.15. The maximum atomic E-state index is 12.5. The van der Waals surface area contributed by atoms with Gasteiger partial charge >= 0.3 is 0 Å². The van der Waals surface area contributed by atoms with E-state index >= 15 is 0 Å². The quantitative estimate of drug-likeness (QED) is 0.462. The maximum absolute atomic E-state index is 12.5. The molecule has 0 spiro atoms. The van der Waals surface area contributed by atoms with E-state index in [0.29, 0.717) is 11.4 Å². The van der Waals surface area contributed by atoms with Crippen LogP contribution in [0.1, 0.15) is 24.1 Å². The molecular formula is C23H23BrN2O4S. The van der Waals surface area contributed by atoms with E-state index in [1.165, 1.54) is 24.3 Å². The Hall–Kier alpha value is -2.84. The number of hydrogen-bond donors (Lipinski definition) is 2. The number of carbonyl (C=O) groups excluding carboxylic acids is 1. The molecule has 0 fully saturated rings. The van der Waals surface area contributed by atoms with Gasteiger partial charge in [-0.1, -0.05) is 45.8 Å². The van der Waals surface area contributed by atoms with Crippen molar-refractivity contribution in [1.29, 1.82) is 0 Å². The zero-order valence-corrected chi connectivity index (χ0v) is 19.5. The standard InChI is InChI=1S/C23H23BrN2O4S/c1-16-3-9-20(10-4-16)26-31(28,29)22-13-11-21(12-14-22)30-15-23(27)25-17(2)18-5-7-19(24)8-6-18/h3-14,17,26H,15H2,1-2H3,(H,25,27). The minimum absolute atomic E-state index is 0.105. The van der Waals surface area contributed by atoms with Crippen LogP contribution in [0.2, 0.25) is 0 Å². The molecule has 1 atom stereocenters. The largest absolute Gasteiger partial charge is 0.484 e. The molecule has 0 aliphatic carbocycles. The van der Waals surface area contributed by atoms with Gasteiger partial charge in [0.15, 0.2) is 6.61 Å². The van der Waals surface area contributed by atoms with Crippen molar-refractivity contribution in [3.63, 3.8) is 0 Å². The van der Waals surface area contributed by atoms with Crippen molar-refractivity contribution >= 4 is 37.5 Å². The Morgan fingerprint density at radius 2 is 1.58 bits per heavy atom. The predicted molar refractivity (Wildman–Crippen MR) is 125 cm³/mol. The first-order chi connectivity index (χ1) is 14.7. The summed E-state index contributed by atoms with van der Waals surface area (Å²) in [6.07, 6.45) is 0. The normalized spacial score (nSPS) is 12.1. The summed E-state index contributed by atoms with van der Waals surface area (Å²) in [6, 6.07) is 20.5. The second-order valence-corrected chi connectivity index (χ2v) is 9.67. The van der Waals surface area contributed by atoms with Gasteiger partial charge in [0, 0.05) is 10.2 Å². The highest BCUT2D eigenvalue weighted by Crippen LogP contribution is 2.20. The Labute approximate surface area is 190 Å². The highest BCUT2D eigenvalue weighted by molar-refractivity contribution is 9.10. The molecule has 3 aromatic carbocycles. The van der Waals surface area contributed by atoms with Crippen LogP contribution >= 0.6 is 15.9 Å². The minimum Gasteiger partial charge on any atom is -0.484 e. The number of amides is 1. The maximum Gasteiger partial charge on any atom is 0.261 e. The molecule has 1 unspecified atom stereocenters. The van der Waals surface area contributed by atoms with Gasteiger partial charge in [-0.05, 0) is 67.9 Å². The number of halogens is 1. The number of hydrogen-bond acceptors (Lipinski definition) is 4. The molecule has 8 heteroatoms. The van der Waals surface area contributed by atoms with Crippen molar-refractivity contribution in [3.8, 4) is 5.75 Å². The molecule has 6 nitrogen and oxygen atoms in total. The SMILES string of the molecule is Cc1ccc(NS(=O)(=O)c2ccc(OCC(=O)NC(C)c3ccc(Br)cc3)cc2)cc1. The van der Waals surface area contributed by atoms with E-state index in [2.05, 4.69) is 26.0 Å². The zero-order chi connectivity index (χ0) is 22.4. The van der Waals surface area contributed by atoms with Crippen LogP contribution < -0.4 is 14.8 Å². The van der Waals surface area contributed by atoms with E-state index in [9.17, 15) is 13.2 Å². The number of benzene rings is 3. The fourth-order valence-corrected chi connectivity index (χ4v) is 4.14. The number of sulfonamides is 1. The summed E-state index contributed by atoms with van der Waals surface area (Å²) in [5.41, 5.74) is 2.51. The summed E-state index contributed by atoms with van der Waals surface area (Å²) >= 11 is 3.38. The van der Waals surface area contributed by atoms with Crippen LogP contribution in [0.15, 0.2) is 82.2 Å². The van der Waals surface area contributed by atoms with Gasteiger partial charge in [0.2, 0.25) is 0 Å². The van der Waals surface area contributed by atoms with Crippen LogP contribution in [0.25, 0.3) is 0 Å². The third-order valence-electron chi connectivity index (χ3n) is 4.56. The Kier molecular flexibility index (Phi) is 7.35. The van der Waals surface area contributed by atoms with Crippen molar-refractivity contribution in [3.05, 3.63) is 88.4 Å². The third kappa shape index (κ3) is 6.57. The first kappa shape index (κ1) is 22.8. The summed E-state index contributed by atoms with van der Waals surface area (Å²) < 4.78 is 34.0. The van der Waals surface area contributed by atoms with Crippen molar-refractivity contribution in [2.24, 2.45) is 0 Å². The van der Waals surface area contributed by atoms with Crippen LogP contribution in [0.3, 0.4) is 0 Å². The minimum atomic E-state index is -3.71. The molecule has 1 amide bonds. The van der Waals surface area contributed by atoms with Crippen LogP contribution in [-0.2, 0) is 14.8 Å². The smallest absolute Gasteiger partial charge is 0.261 e. The highest BCUT2D eigenvalue weighted by atomic mass is 79.9. The summed E-state index contributed by atoms with van der Waals surface area (Å²) in [5, 5.41) is 2.87. The molecule has 0 aliphatic heterocycles. The monoisotopic (exact) mass is 502 g/mol. The van der Waals surface area contributed by atoms with Crippen molar-refractivity contribution < 1.29 is 17.9 Å². The fraction of sp³-hybridized carbons (Fsp3) is 0.174. The second kappa shape index (κ2) is 9.98. The average Bonchev–Trinajstić information content (AvgIpc) is 2.74. The van der Waals surface area contributed by atoms with Gasteiger partial charge in [0.05, 0.1) is 10.9 Å². The van der Waals surface area contributed by atoms with E-state index in [1.807, 2.05) is 50.2 Å². The van der Waals surface area contributed by atoms with E-state index in [0.717, 1.165) is 15.6 Å². The van der Waals surface area contributed by atoms with Gasteiger partial charge < -0.3 is 10.1 Å². The molecule has 0 saturated heterocycles. The van der Waals surface area contributed by atoms with Crippen LogP contribution in [-0.4, -0.2) is 20.9 Å². The van der Waals surface area contributed by atoms with E-state index in [4.69, 9.17) is 4.74 Å². The lowest BCUT2D eigenvalue weighted by Gasteiger charge is -2.15. The number of aryl methyl sites for hydroxylation is 1. The first-order valence-corrected chi connectivity index (χ1v) is 11.9. The van der Waals surface area contributed by atoms with E-state index < -0.39 is 10.0 Å². The van der Waals surface area contributed by atoms with Crippen LogP contribution in [0.4, 0.5) is 5.69 Å². The van der Waals surface area contributed by atoms with Gasteiger partial charge in [-0.3, -0.25) is 9.52 Å². The molecule has 0 heterocycles. The average molecular weight is 503 g/mol. The molecule has 0 radical (unpaired) electrons. The number of carbonyl (C=O) groups is 1. The Morgan fingerprint density at radius 3 is 2.19 bits per heavy atom. The van der Waals surface area contributed by atoms with Gasteiger partial charge in [0.25, 0.3) is 15.9 Å². The van der Waals surface area contributed by atoms with E-state index in [1.54, 1.807) is 12.1 Å². The second-order valence-electron chi connectivity index (χ2n) is 7.07. The third-order valence-corrected chi connectivity index (χ3v) is 6.48.